The van der Waals surface area contributed by atoms with Crippen molar-refractivity contribution in [2.75, 3.05) is 39.8 Å². The number of guanidine groups is 1. The van der Waals surface area contributed by atoms with Crippen LogP contribution < -0.4 is 15.4 Å². The van der Waals surface area contributed by atoms with E-state index in [1.807, 2.05) is 12.1 Å². The quantitative estimate of drug-likeness (QED) is 0.176. The van der Waals surface area contributed by atoms with Crippen LogP contribution in [0.3, 0.4) is 0 Å². The number of aromatic nitrogens is 3. The second-order valence-corrected chi connectivity index (χ2v) is 8.22. The van der Waals surface area contributed by atoms with E-state index in [1.165, 1.54) is 18.4 Å². The predicted molar refractivity (Wildman–Crippen MR) is 145 cm³/mol. The van der Waals surface area contributed by atoms with Crippen LogP contribution in [0.5, 0.6) is 5.75 Å². The topological polar surface area (TPSA) is 79.6 Å². The average Bonchev–Trinajstić information content (AvgIpc) is 3.51. The van der Waals surface area contributed by atoms with Crippen molar-refractivity contribution in [3.8, 4) is 5.75 Å². The Morgan fingerprint density at radius 3 is 2.52 bits per heavy atom. The molecule has 1 atom stereocenters. The number of aliphatic imine (C=N–C) groups is 1. The number of methoxy groups -OCH3 is 1. The summed E-state index contributed by atoms with van der Waals surface area (Å²) in [4.78, 5) is 7.56. The van der Waals surface area contributed by atoms with Crippen molar-refractivity contribution in [3.05, 3.63) is 42.0 Å². The lowest BCUT2D eigenvalue weighted by atomic mass is 10.1. The molecule has 0 amide bonds. The summed E-state index contributed by atoms with van der Waals surface area (Å²) in [5, 5.41) is 15.2. The number of hydrogen-bond acceptors (Lipinski definition) is 5. The number of likely N-dealkylation sites (tertiary alicyclic amines) is 1. The lowest BCUT2D eigenvalue weighted by Gasteiger charge is -2.27. The first-order valence-electron chi connectivity index (χ1n) is 12.0. The molecule has 0 saturated carbocycles. The molecule has 9 heteroatoms. The maximum atomic E-state index is 5.35. The fourth-order valence-corrected chi connectivity index (χ4v) is 4.08. The molecule has 3 rings (SSSR count). The van der Waals surface area contributed by atoms with E-state index in [0.717, 1.165) is 76.1 Å². The molecule has 0 spiro atoms. The summed E-state index contributed by atoms with van der Waals surface area (Å²) < 4.78 is 7.45. The van der Waals surface area contributed by atoms with Gasteiger partial charge in [-0.3, -0.25) is 9.89 Å². The average molecular weight is 570 g/mol. The predicted octanol–water partition coefficient (Wildman–Crippen LogP) is 3.64. The Hall–Kier alpha value is -1.88. The molecule has 2 heterocycles. The van der Waals surface area contributed by atoms with Crippen LogP contribution in [0.2, 0.25) is 0 Å². The fourth-order valence-electron chi connectivity index (χ4n) is 4.08. The summed E-state index contributed by atoms with van der Waals surface area (Å²) in [6, 6.07) is 8.72. The minimum absolute atomic E-state index is 0. The van der Waals surface area contributed by atoms with Crippen LogP contribution in [-0.2, 0) is 13.0 Å². The van der Waals surface area contributed by atoms with Crippen LogP contribution in [0.15, 0.2) is 35.6 Å². The first kappa shape index (κ1) is 27.4. The molecule has 1 fully saturated rings. The van der Waals surface area contributed by atoms with Crippen molar-refractivity contribution in [2.45, 2.75) is 58.5 Å². The number of unbranched alkanes of at least 4 members (excludes halogenated alkanes) is 1. The van der Waals surface area contributed by atoms with E-state index in [1.54, 1.807) is 13.4 Å². The van der Waals surface area contributed by atoms with E-state index in [-0.39, 0.29) is 30.0 Å². The number of nitrogens with one attached hydrogen (secondary N) is 2. The van der Waals surface area contributed by atoms with Gasteiger partial charge in [0.05, 0.1) is 19.7 Å². The van der Waals surface area contributed by atoms with E-state index < -0.39 is 0 Å². The zero-order chi connectivity index (χ0) is 22.6. The summed E-state index contributed by atoms with van der Waals surface area (Å²) in [6.07, 6.45) is 7.48. The normalized spacial score (nSPS) is 15.2. The Morgan fingerprint density at radius 2 is 1.85 bits per heavy atom. The molecular formula is C24H40IN7O. The number of ether oxygens (including phenoxy) is 1. The van der Waals surface area contributed by atoms with Gasteiger partial charge >= 0.3 is 0 Å². The second kappa shape index (κ2) is 15.1. The lowest BCUT2D eigenvalue weighted by molar-refractivity contribution is 0.251. The van der Waals surface area contributed by atoms with E-state index in [0.29, 0.717) is 0 Å². The standard InChI is InChI=1S/C24H39N7O.HI/c1-4-6-13-25-24(26-14-17-31-19-28-29-23(31)5-2)27-18-22(30-15-7-8-16-30)20-9-11-21(32-3)12-10-20;/h9-12,19,22H,4-8,13-18H2,1-3H3,(H2,25,26,27);1H. The van der Waals surface area contributed by atoms with Crippen molar-refractivity contribution in [3.63, 3.8) is 0 Å². The van der Waals surface area contributed by atoms with Crippen molar-refractivity contribution < 1.29 is 4.74 Å². The minimum atomic E-state index is 0. The van der Waals surface area contributed by atoms with Gasteiger partial charge in [-0.05, 0) is 50.0 Å². The number of hydrogen-bond donors (Lipinski definition) is 2. The number of rotatable bonds is 12. The molecule has 1 aliphatic heterocycles. The number of benzene rings is 1. The van der Waals surface area contributed by atoms with Gasteiger partial charge in [-0.2, -0.15) is 0 Å². The molecular weight excluding hydrogens is 529 g/mol. The van der Waals surface area contributed by atoms with Crippen molar-refractivity contribution in [1.82, 2.24) is 30.3 Å². The molecule has 2 aromatic rings. The zero-order valence-corrected chi connectivity index (χ0v) is 22.6. The number of nitrogens with zero attached hydrogens (tertiary/aromatic N) is 5. The van der Waals surface area contributed by atoms with Gasteiger partial charge in [-0.25, -0.2) is 0 Å². The summed E-state index contributed by atoms with van der Waals surface area (Å²) >= 11 is 0. The van der Waals surface area contributed by atoms with E-state index in [9.17, 15) is 0 Å². The Balaban J connectivity index is 0.00000385. The maximum absolute atomic E-state index is 5.35. The minimum Gasteiger partial charge on any atom is -0.497 e. The zero-order valence-electron chi connectivity index (χ0n) is 20.3. The highest BCUT2D eigenvalue weighted by molar-refractivity contribution is 14.0. The van der Waals surface area contributed by atoms with Gasteiger partial charge in [-0.1, -0.05) is 32.4 Å². The van der Waals surface area contributed by atoms with Crippen molar-refractivity contribution in [1.29, 1.82) is 0 Å². The van der Waals surface area contributed by atoms with Crippen LogP contribution in [0, 0.1) is 0 Å². The molecule has 0 aliphatic carbocycles. The van der Waals surface area contributed by atoms with Crippen molar-refractivity contribution >= 4 is 29.9 Å². The summed E-state index contributed by atoms with van der Waals surface area (Å²) in [7, 11) is 1.71. The molecule has 1 saturated heterocycles. The molecule has 2 N–H and O–H groups in total. The molecule has 1 unspecified atom stereocenters. The molecule has 184 valence electrons. The summed E-state index contributed by atoms with van der Waals surface area (Å²) in [5.74, 6) is 2.78. The SMILES string of the molecule is CCCCNC(=NCC(c1ccc(OC)cc1)N1CCCC1)NCCn1cnnc1CC.I. The maximum Gasteiger partial charge on any atom is 0.191 e. The third-order valence-electron chi connectivity index (χ3n) is 5.98. The van der Waals surface area contributed by atoms with Gasteiger partial charge in [0.15, 0.2) is 5.96 Å². The smallest absolute Gasteiger partial charge is 0.191 e. The van der Waals surface area contributed by atoms with Crippen LogP contribution in [0.1, 0.15) is 57.0 Å². The second-order valence-electron chi connectivity index (χ2n) is 8.22. The highest BCUT2D eigenvalue weighted by Crippen LogP contribution is 2.27. The Morgan fingerprint density at radius 1 is 1.12 bits per heavy atom. The monoisotopic (exact) mass is 569 g/mol. The Labute approximate surface area is 215 Å². The Bertz CT molecular complexity index is 818. The summed E-state index contributed by atoms with van der Waals surface area (Å²) in [6.45, 7) is 9.81. The van der Waals surface area contributed by atoms with E-state index in [4.69, 9.17) is 9.73 Å². The molecule has 1 aromatic heterocycles. The van der Waals surface area contributed by atoms with E-state index in [2.05, 4.69) is 56.3 Å². The molecule has 1 aromatic carbocycles. The third kappa shape index (κ3) is 8.44. The van der Waals surface area contributed by atoms with Gasteiger partial charge in [0.1, 0.15) is 17.9 Å². The molecule has 0 bridgehead atoms. The third-order valence-corrected chi connectivity index (χ3v) is 5.98. The van der Waals surface area contributed by atoms with Gasteiger partial charge in [-0.15, -0.1) is 34.2 Å². The lowest BCUT2D eigenvalue weighted by Crippen LogP contribution is -2.40. The molecule has 8 nitrogen and oxygen atoms in total. The number of halogens is 1. The summed E-state index contributed by atoms with van der Waals surface area (Å²) in [5.41, 5.74) is 1.29. The molecule has 0 radical (unpaired) electrons. The van der Waals surface area contributed by atoms with Crippen LogP contribution in [-0.4, -0.2) is 65.5 Å². The van der Waals surface area contributed by atoms with Gasteiger partial charge in [0, 0.05) is 26.1 Å². The molecule has 1 aliphatic rings. The number of aryl methyl sites for hydroxylation is 1. The highest BCUT2D eigenvalue weighted by Gasteiger charge is 2.23. The fraction of sp³-hybridized carbons (Fsp3) is 0.625. The first-order valence-corrected chi connectivity index (χ1v) is 12.0. The van der Waals surface area contributed by atoms with Gasteiger partial charge in [0.25, 0.3) is 0 Å². The van der Waals surface area contributed by atoms with Crippen LogP contribution in [0.4, 0.5) is 0 Å². The van der Waals surface area contributed by atoms with E-state index >= 15 is 0 Å². The van der Waals surface area contributed by atoms with Gasteiger partial charge in [0.2, 0.25) is 0 Å². The first-order chi connectivity index (χ1) is 15.7. The van der Waals surface area contributed by atoms with Crippen LogP contribution in [0.25, 0.3) is 0 Å². The molecule has 33 heavy (non-hydrogen) atoms. The van der Waals surface area contributed by atoms with Crippen molar-refractivity contribution in [2.24, 2.45) is 4.99 Å². The Kier molecular flexibility index (Phi) is 12.5. The highest BCUT2D eigenvalue weighted by atomic mass is 127. The van der Waals surface area contributed by atoms with Gasteiger partial charge < -0.3 is 19.9 Å². The largest absolute Gasteiger partial charge is 0.497 e. The van der Waals surface area contributed by atoms with Crippen LogP contribution >= 0.6 is 24.0 Å².